The van der Waals surface area contributed by atoms with Crippen molar-refractivity contribution in [1.82, 2.24) is 5.32 Å². The number of allylic oxidation sites excluding steroid dienone is 3. The molecular formula is C51H93NO18. The lowest BCUT2D eigenvalue weighted by atomic mass is 9.96. The number of aliphatic hydroxyl groups excluding tert-OH is 11. The summed E-state index contributed by atoms with van der Waals surface area (Å²) in [5.41, 5.74) is 0. The number of hydrogen-bond donors (Lipinski definition) is 12. The summed E-state index contributed by atoms with van der Waals surface area (Å²) in [6.07, 6.45) is 6.57. The zero-order chi connectivity index (χ0) is 51.3. The summed E-state index contributed by atoms with van der Waals surface area (Å²) in [5.74, 6) is -0.285. The molecule has 3 heterocycles. The van der Waals surface area contributed by atoms with Crippen molar-refractivity contribution in [1.29, 1.82) is 0 Å². The van der Waals surface area contributed by atoms with Gasteiger partial charge >= 0.3 is 0 Å². The van der Waals surface area contributed by atoms with E-state index in [1.807, 2.05) is 6.08 Å². The first-order valence-corrected chi connectivity index (χ1v) is 26.6. The first-order valence-electron chi connectivity index (χ1n) is 26.6. The molecule has 3 saturated heterocycles. The van der Waals surface area contributed by atoms with Gasteiger partial charge in [0.15, 0.2) is 18.9 Å². The lowest BCUT2D eigenvalue weighted by molar-refractivity contribution is -0.379. The van der Waals surface area contributed by atoms with E-state index in [-0.39, 0.29) is 18.9 Å². The second kappa shape index (κ2) is 36.3. The van der Waals surface area contributed by atoms with Crippen molar-refractivity contribution in [3.63, 3.8) is 0 Å². The molecule has 17 unspecified atom stereocenters. The van der Waals surface area contributed by atoms with Crippen LogP contribution in [0.4, 0.5) is 0 Å². The van der Waals surface area contributed by atoms with Crippen LogP contribution in [0.25, 0.3) is 0 Å². The van der Waals surface area contributed by atoms with E-state index < -0.39 is 124 Å². The van der Waals surface area contributed by atoms with Crippen LogP contribution >= 0.6 is 0 Å². The summed E-state index contributed by atoms with van der Waals surface area (Å²) >= 11 is 0. The van der Waals surface area contributed by atoms with Gasteiger partial charge in [-0.15, -0.1) is 0 Å². The third kappa shape index (κ3) is 21.6. The van der Waals surface area contributed by atoms with E-state index in [1.54, 1.807) is 6.08 Å². The molecule has 0 aromatic rings. The second-order valence-electron chi connectivity index (χ2n) is 19.3. The van der Waals surface area contributed by atoms with Gasteiger partial charge in [0.05, 0.1) is 38.6 Å². The maximum Gasteiger partial charge on any atom is 0.220 e. The molecule has 17 atom stereocenters. The minimum Gasteiger partial charge on any atom is -0.394 e. The van der Waals surface area contributed by atoms with Gasteiger partial charge in [0.1, 0.15) is 73.2 Å². The Hall–Kier alpha value is -1.73. The lowest BCUT2D eigenvalue weighted by Gasteiger charge is -2.48. The quantitative estimate of drug-likeness (QED) is 0.0314. The normalized spacial score (nSPS) is 32.7. The van der Waals surface area contributed by atoms with Crippen LogP contribution in [0.3, 0.4) is 0 Å². The summed E-state index contributed by atoms with van der Waals surface area (Å²) in [5, 5.41) is 119. The molecule has 3 rings (SSSR count). The molecule has 0 aromatic heterocycles. The lowest BCUT2D eigenvalue weighted by Crippen LogP contribution is -2.66. The van der Waals surface area contributed by atoms with Gasteiger partial charge in [0.25, 0.3) is 0 Å². The van der Waals surface area contributed by atoms with Crippen molar-refractivity contribution in [3.05, 3.63) is 24.3 Å². The smallest absolute Gasteiger partial charge is 0.220 e. The molecule has 0 radical (unpaired) electrons. The Morgan fingerprint density at radius 3 is 1.40 bits per heavy atom. The number of carbonyl (C=O) groups excluding carboxylic acids is 1. The molecule has 3 aliphatic rings. The Kier molecular flexibility index (Phi) is 32.4. The standard InChI is InChI=1S/C51H93NO18/c1-3-5-7-9-11-12-13-14-15-16-17-18-19-20-21-22-23-25-27-29-39(57)52-34(35(56)28-26-24-10-8-6-4-2)33-65-49-45(63)42(60)47(37(31-54)67-49)70-51-46(64)43(61)48(38(32-55)68-51)69-50-44(62)41(59)40(58)36(30-53)66-50/h14-15,26,28,34-38,40-51,53-56,58-64H,3-13,16-25,27,29-33H2,1-2H3,(H,52,57)/b15-14-,28-26+. The Labute approximate surface area is 416 Å². The summed E-state index contributed by atoms with van der Waals surface area (Å²) in [6.45, 7) is 1.59. The third-order valence-electron chi connectivity index (χ3n) is 13.5. The van der Waals surface area contributed by atoms with Gasteiger partial charge in [-0.25, -0.2) is 0 Å². The summed E-state index contributed by atoms with van der Waals surface area (Å²) in [6, 6.07) is -0.967. The average molecular weight is 1010 g/mol. The highest BCUT2D eigenvalue weighted by molar-refractivity contribution is 5.76. The fraction of sp³-hybridized carbons (Fsp3) is 0.902. The first-order chi connectivity index (χ1) is 33.8. The molecule has 12 N–H and O–H groups in total. The Morgan fingerprint density at radius 1 is 0.500 bits per heavy atom. The maximum absolute atomic E-state index is 13.2. The third-order valence-corrected chi connectivity index (χ3v) is 13.5. The Balaban J connectivity index is 1.47. The number of rotatable bonds is 37. The van der Waals surface area contributed by atoms with Crippen LogP contribution in [-0.4, -0.2) is 193 Å². The summed E-state index contributed by atoms with van der Waals surface area (Å²) in [7, 11) is 0. The van der Waals surface area contributed by atoms with Crippen LogP contribution in [-0.2, 0) is 33.2 Å². The molecule has 0 aromatic carbocycles. The molecule has 19 heteroatoms. The maximum atomic E-state index is 13.2. The number of carbonyl (C=O) groups is 1. The zero-order valence-electron chi connectivity index (χ0n) is 42.0. The van der Waals surface area contributed by atoms with E-state index in [1.165, 1.54) is 77.0 Å². The number of nitrogens with one attached hydrogen (secondary N) is 1. The van der Waals surface area contributed by atoms with Crippen LogP contribution in [0.2, 0.25) is 0 Å². The number of aliphatic hydroxyl groups is 11. The highest BCUT2D eigenvalue weighted by Gasteiger charge is 2.53. The van der Waals surface area contributed by atoms with Gasteiger partial charge in [-0.05, 0) is 44.9 Å². The fourth-order valence-corrected chi connectivity index (χ4v) is 9.01. The van der Waals surface area contributed by atoms with Gasteiger partial charge in [-0.2, -0.15) is 0 Å². The molecule has 70 heavy (non-hydrogen) atoms. The van der Waals surface area contributed by atoms with Crippen molar-refractivity contribution >= 4 is 5.91 Å². The molecule has 0 aliphatic carbocycles. The van der Waals surface area contributed by atoms with Crippen molar-refractivity contribution in [2.24, 2.45) is 0 Å². The van der Waals surface area contributed by atoms with Crippen LogP contribution in [0.15, 0.2) is 24.3 Å². The second-order valence-corrected chi connectivity index (χ2v) is 19.3. The minimum atomic E-state index is -1.97. The zero-order valence-corrected chi connectivity index (χ0v) is 42.0. The average Bonchev–Trinajstić information content (AvgIpc) is 3.35. The summed E-state index contributed by atoms with van der Waals surface area (Å²) < 4.78 is 34.0. The highest BCUT2D eigenvalue weighted by atomic mass is 16.8. The Bertz CT molecular complexity index is 1390. The van der Waals surface area contributed by atoms with E-state index in [9.17, 15) is 61.0 Å². The van der Waals surface area contributed by atoms with Gasteiger partial charge in [0.2, 0.25) is 5.91 Å². The van der Waals surface area contributed by atoms with E-state index in [4.69, 9.17) is 28.4 Å². The van der Waals surface area contributed by atoms with Crippen molar-refractivity contribution < 1.29 is 89.4 Å². The van der Waals surface area contributed by atoms with E-state index in [0.29, 0.717) is 6.42 Å². The predicted octanol–water partition coefficient (Wildman–Crippen LogP) is 2.42. The fourth-order valence-electron chi connectivity index (χ4n) is 9.01. The van der Waals surface area contributed by atoms with E-state index >= 15 is 0 Å². The van der Waals surface area contributed by atoms with E-state index in [2.05, 4.69) is 31.3 Å². The minimum absolute atomic E-state index is 0.241. The Morgan fingerprint density at radius 2 is 0.900 bits per heavy atom. The number of ether oxygens (including phenoxy) is 6. The number of hydrogen-bond acceptors (Lipinski definition) is 18. The summed E-state index contributed by atoms with van der Waals surface area (Å²) in [4.78, 5) is 13.2. The van der Waals surface area contributed by atoms with Crippen LogP contribution in [0, 0.1) is 0 Å². The SMILES string of the molecule is CCCCCC/C=C/C(O)C(COC1OC(CO)C(OC2OC(CO)C(OC3OC(CO)C(O)C(O)C3O)C(O)C2O)C(O)C1O)NC(=O)CCCCCCCCCCC/C=C\CCCCCCCC. The molecule has 1 amide bonds. The molecule has 410 valence electrons. The van der Waals surface area contributed by atoms with Gasteiger partial charge < -0.3 is 89.9 Å². The number of unbranched alkanes of at least 4 members (excludes halogenated alkanes) is 19. The van der Waals surface area contributed by atoms with Gasteiger partial charge in [0, 0.05) is 6.42 Å². The molecule has 0 spiro atoms. The van der Waals surface area contributed by atoms with Crippen LogP contribution < -0.4 is 5.32 Å². The molecule has 19 nitrogen and oxygen atoms in total. The molecule has 0 saturated carbocycles. The van der Waals surface area contributed by atoms with Gasteiger partial charge in [-0.1, -0.05) is 134 Å². The predicted molar refractivity (Wildman–Crippen MR) is 259 cm³/mol. The van der Waals surface area contributed by atoms with Crippen molar-refractivity contribution in [2.45, 2.75) is 266 Å². The van der Waals surface area contributed by atoms with Crippen molar-refractivity contribution in [3.8, 4) is 0 Å². The van der Waals surface area contributed by atoms with Crippen molar-refractivity contribution in [2.75, 3.05) is 26.4 Å². The van der Waals surface area contributed by atoms with Crippen LogP contribution in [0.1, 0.15) is 162 Å². The monoisotopic (exact) mass is 1010 g/mol. The van der Waals surface area contributed by atoms with E-state index in [0.717, 1.165) is 57.8 Å². The van der Waals surface area contributed by atoms with Gasteiger partial charge in [-0.3, -0.25) is 4.79 Å². The highest BCUT2D eigenvalue weighted by Crippen LogP contribution is 2.33. The first kappa shape index (κ1) is 62.6. The largest absolute Gasteiger partial charge is 0.394 e. The number of amides is 1. The van der Waals surface area contributed by atoms with Crippen LogP contribution in [0.5, 0.6) is 0 Å². The molecular weight excluding hydrogens is 915 g/mol. The topological polar surface area (TPSA) is 307 Å². The molecule has 3 fully saturated rings. The molecule has 3 aliphatic heterocycles. The molecule has 0 bridgehead atoms.